The van der Waals surface area contributed by atoms with Crippen LogP contribution in [0.4, 0.5) is 0 Å². The van der Waals surface area contributed by atoms with E-state index in [1.807, 2.05) is 43.3 Å². The van der Waals surface area contributed by atoms with Crippen molar-refractivity contribution in [3.63, 3.8) is 0 Å². The van der Waals surface area contributed by atoms with Gasteiger partial charge in [-0.05, 0) is 43.5 Å². The second-order valence-electron chi connectivity index (χ2n) is 6.23. The summed E-state index contributed by atoms with van der Waals surface area (Å²) >= 11 is 0. The maximum atomic E-state index is 10.5. The molecule has 1 aromatic heterocycles. The number of aliphatic hydroxyl groups excluding tert-OH is 3. The molecule has 1 heterocycles. The fourth-order valence-corrected chi connectivity index (χ4v) is 2.81. The van der Waals surface area contributed by atoms with Crippen LogP contribution in [0, 0.1) is 5.92 Å². The van der Waals surface area contributed by atoms with Crippen molar-refractivity contribution in [2.24, 2.45) is 5.92 Å². The predicted molar refractivity (Wildman–Crippen MR) is 98.6 cm³/mol. The van der Waals surface area contributed by atoms with E-state index in [0.29, 0.717) is 24.4 Å². The lowest BCUT2D eigenvalue weighted by atomic mass is 9.88. The fraction of sp³-hybridized carbons (Fsp3) is 0.333. The molecule has 0 saturated heterocycles. The van der Waals surface area contributed by atoms with E-state index in [9.17, 15) is 10.2 Å². The topological polar surface area (TPSA) is 73.8 Å². The molecule has 0 bridgehead atoms. The van der Waals surface area contributed by atoms with Gasteiger partial charge in [-0.25, -0.2) is 0 Å². The number of benzene rings is 1. The molecule has 1 aromatic carbocycles. The summed E-state index contributed by atoms with van der Waals surface area (Å²) in [6.45, 7) is 5.60. The summed E-state index contributed by atoms with van der Waals surface area (Å²) in [5.41, 5.74) is 1.82. The van der Waals surface area contributed by atoms with E-state index in [-0.39, 0.29) is 6.61 Å². The van der Waals surface area contributed by atoms with Crippen LogP contribution in [-0.2, 0) is 6.61 Å². The van der Waals surface area contributed by atoms with Crippen LogP contribution in [0.25, 0.3) is 6.08 Å². The van der Waals surface area contributed by atoms with Gasteiger partial charge in [0.15, 0.2) is 0 Å². The number of aliphatic hydroxyl groups is 3. The van der Waals surface area contributed by atoms with Gasteiger partial charge in [-0.2, -0.15) is 0 Å². The normalized spacial score (nSPS) is 15.6. The molecular formula is C21H26O4. The van der Waals surface area contributed by atoms with Gasteiger partial charge in [-0.3, -0.25) is 0 Å². The van der Waals surface area contributed by atoms with Crippen molar-refractivity contribution >= 4 is 6.08 Å². The van der Waals surface area contributed by atoms with Crippen molar-refractivity contribution < 1.29 is 19.7 Å². The van der Waals surface area contributed by atoms with E-state index in [1.165, 1.54) is 0 Å². The van der Waals surface area contributed by atoms with Crippen molar-refractivity contribution in [3.05, 3.63) is 77.8 Å². The largest absolute Gasteiger partial charge is 0.459 e. The molecule has 0 unspecified atom stereocenters. The standard InChI is InChI=1S/C21H26O4/c1-3-19(21(24)16-7-5-4-6-8-16)20(23)12-9-15(2)13-17-10-11-18(14-22)25-17/h3-8,10-11,13,19-24H,1,9,12,14H2,2H3/b15-13+/t19-,20-,21-/m1/s1. The molecule has 0 saturated carbocycles. The molecule has 0 aliphatic carbocycles. The Morgan fingerprint density at radius 2 is 1.88 bits per heavy atom. The zero-order valence-electron chi connectivity index (χ0n) is 14.5. The first-order chi connectivity index (χ1) is 12.0. The Kier molecular flexibility index (Phi) is 7.19. The molecule has 25 heavy (non-hydrogen) atoms. The highest BCUT2D eigenvalue weighted by molar-refractivity contribution is 5.46. The monoisotopic (exact) mass is 342 g/mol. The predicted octanol–water partition coefficient (Wildman–Crippen LogP) is 3.85. The second kappa shape index (κ2) is 9.37. The second-order valence-corrected chi connectivity index (χ2v) is 6.23. The molecule has 0 fully saturated rings. The number of rotatable bonds is 9. The first-order valence-corrected chi connectivity index (χ1v) is 8.45. The molecule has 3 atom stereocenters. The Morgan fingerprint density at radius 3 is 2.48 bits per heavy atom. The third-order valence-electron chi connectivity index (χ3n) is 4.28. The maximum Gasteiger partial charge on any atom is 0.130 e. The van der Waals surface area contributed by atoms with E-state index in [4.69, 9.17) is 9.52 Å². The summed E-state index contributed by atoms with van der Waals surface area (Å²) < 4.78 is 5.43. The lowest BCUT2D eigenvalue weighted by molar-refractivity contribution is 0.0319. The van der Waals surface area contributed by atoms with Crippen molar-refractivity contribution in [2.45, 2.75) is 38.6 Å². The van der Waals surface area contributed by atoms with Gasteiger partial charge in [0.25, 0.3) is 0 Å². The summed E-state index contributed by atoms with van der Waals surface area (Å²) in [5.74, 6) is 0.775. The average Bonchev–Trinajstić information content (AvgIpc) is 3.08. The van der Waals surface area contributed by atoms with E-state index < -0.39 is 18.1 Å². The molecule has 2 rings (SSSR count). The summed E-state index contributed by atoms with van der Waals surface area (Å²) in [5, 5.41) is 30.0. The van der Waals surface area contributed by atoms with Crippen LogP contribution in [-0.4, -0.2) is 21.4 Å². The minimum Gasteiger partial charge on any atom is -0.459 e. The number of hydrogen-bond acceptors (Lipinski definition) is 4. The number of hydrogen-bond donors (Lipinski definition) is 3. The lowest BCUT2D eigenvalue weighted by Gasteiger charge is -2.25. The maximum absolute atomic E-state index is 10.5. The molecule has 0 spiro atoms. The summed E-state index contributed by atoms with van der Waals surface area (Å²) in [7, 11) is 0. The minimum atomic E-state index is -0.782. The molecule has 0 radical (unpaired) electrons. The Morgan fingerprint density at radius 1 is 1.16 bits per heavy atom. The summed E-state index contributed by atoms with van der Waals surface area (Å²) in [6.07, 6.45) is 3.21. The van der Waals surface area contributed by atoms with Crippen LogP contribution in [0.5, 0.6) is 0 Å². The highest BCUT2D eigenvalue weighted by atomic mass is 16.4. The SMILES string of the molecule is C=C[C@H]([C@H](O)CC/C(C)=C/c1ccc(CO)o1)[C@H](O)c1ccccc1. The number of furan rings is 1. The van der Waals surface area contributed by atoms with Crippen LogP contribution in [0.3, 0.4) is 0 Å². The lowest BCUT2D eigenvalue weighted by Crippen LogP contribution is -2.25. The Hall–Kier alpha value is -2.14. The van der Waals surface area contributed by atoms with Crippen molar-refractivity contribution in [1.82, 2.24) is 0 Å². The molecule has 4 heteroatoms. The minimum absolute atomic E-state index is 0.121. The third-order valence-corrected chi connectivity index (χ3v) is 4.28. The van der Waals surface area contributed by atoms with Gasteiger partial charge in [-0.15, -0.1) is 6.58 Å². The quantitative estimate of drug-likeness (QED) is 0.605. The molecule has 2 aromatic rings. The first-order valence-electron chi connectivity index (χ1n) is 8.45. The zero-order chi connectivity index (χ0) is 18.2. The van der Waals surface area contributed by atoms with E-state index in [1.54, 1.807) is 18.2 Å². The van der Waals surface area contributed by atoms with Crippen molar-refractivity contribution in [3.8, 4) is 0 Å². The fourth-order valence-electron chi connectivity index (χ4n) is 2.81. The van der Waals surface area contributed by atoms with Crippen LogP contribution in [0.15, 0.2) is 65.1 Å². The first kappa shape index (κ1) is 19.2. The highest BCUT2D eigenvalue weighted by Gasteiger charge is 2.25. The molecule has 4 nitrogen and oxygen atoms in total. The van der Waals surface area contributed by atoms with Crippen LogP contribution < -0.4 is 0 Å². The molecule has 0 aliphatic rings. The smallest absolute Gasteiger partial charge is 0.130 e. The average molecular weight is 342 g/mol. The van der Waals surface area contributed by atoms with Gasteiger partial charge in [0.1, 0.15) is 18.1 Å². The van der Waals surface area contributed by atoms with Crippen LogP contribution >= 0.6 is 0 Å². The zero-order valence-corrected chi connectivity index (χ0v) is 14.5. The molecular weight excluding hydrogens is 316 g/mol. The van der Waals surface area contributed by atoms with E-state index in [2.05, 4.69) is 6.58 Å². The molecule has 0 aliphatic heterocycles. The molecule has 0 amide bonds. The Bertz CT molecular complexity index is 687. The Balaban J connectivity index is 1.95. The van der Waals surface area contributed by atoms with Gasteiger partial charge in [0.2, 0.25) is 0 Å². The van der Waals surface area contributed by atoms with Gasteiger partial charge in [-0.1, -0.05) is 42.0 Å². The van der Waals surface area contributed by atoms with Gasteiger partial charge in [0.05, 0.1) is 12.2 Å². The van der Waals surface area contributed by atoms with E-state index in [0.717, 1.165) is 11.1 Å². The molecule has 3 N–H and O–H groups in total. The van der Waals surface area contributed by atoms with Crippen LogP contribution in [0.2, 0.25) is 0 Å². The Labute approximate surface area is 148 Å². The number of allylic oxidation sites excluding steroid dienone is 1. The highest BCUT2D eigenvalue weighted by Crippen LogP contribution is 2.28. The van der Waals surface area contributed by atoms with Gasteiger partial charge >= 0.3 is 0 Å². The van der Waals surface area contributed by atoms with Gasteiger partial charge < -0.3 is 19.7 Å². The van der Waals surface area contributed by atoms with Gasteiger partial charge in [0, 0.05) is 5.92 Å². The third kappa shape index (κ3) is 5.43. The van der Waals surface area contributed by atoms with E-state index >= 15 is 0 Å². The summed E-state index contributed by atoms with van der Waals surface area (Å²) in [6, 6.07) is 12.8. The summed E-state index contributed by atoms with van der Waals surface area (Å²) in [4.78, 5) is 0. The van der Waals surface area contributed by atoms with Crippen molar-refractivity contribution in [2.75, 3.05) is 0 Å². The van der Waals surface area contributed by atoms with Crippen LogP contribution in [0.1, 0.15) is 43.0 Å². The van der Waals surface area contributed by atoms with Crippen molar-refractivity contribution in [1.29, 1.82) is 0 Å². The molecule has 134 valence electrons.